The fourth-order valence-corrected chi connectivity index (χ4v) is 4.10. The van der Waals surface area contributed by atoms with Crippen LogP contribution in [-0.2, 0) is 6.42 Å². The molecule has 1 aliphatic heterocycles. The molecule has 0 aliphatic carbocycles. The van der Waals surface area contributed by atoms with Crippen LogP contribution in [0.2, 0.25) is 5.02 Å². The Labute approximate surface area is 143 Å². The average Bonchev–Trinajstić information content (AvgIpc) is 3.13. The van der Waals surface area contributed by atoms with Crippen molar-refractivity contribution in [2.24, 2.45) is 0 Å². The largest absolute Gasteiger partial charge is 0.497 e. The van der Waals surface area contributed by atoms with Crippen molar-refractivity contribution >= 4 is 34.1 Å². The molecule has 0 radical (unpaired) electrons. The monoisotopic (exact) mass is 346 g/mol. The number of rotatable bonds is 3. The number of nitrogens with one attached hydrogen (secondary N) is 1. The van der Waals surface area contributed by atoms with Gasteiger partial charge in [0.25, 0.3) is 0 Å². The zero-order valence-corrected chi connectivity index (χ0v) is 14.3. The van der Waals surface area contributed by atoms with Gasteiger partial charge >= 0.3 is 0 Å². The van der Waals surface area contributed by atoms with E-state index in [-0.39, 0.29) is 5.37 Å². The number of benzene rings is 2. The Hall–Kier alpha value is -1.92. The number of hydrogen-bond acceptors (Lipinski definition) is 5. The summed E-state index contributed by atoms with van der Waals surface area (Å²) < 4.78 is 7.26. The molecule has 23 heavy (non-hydrogen) atoms. The van der Waals surface area contributed by atoms with Crippen LogP contribution in [0.5, 0.6) is 5.75 Å². The lowest BCUT2D eigenvalue weighted by Crippen LogP contribution is -2.15. The van der Waals surface area contributed by atoms with Gasteiger partial charge in [-0.1, -0.05) is 36.4 Å². The summed E-state index contributed by atoms with van der Waals surface area (Å²) in [5.41, 5.74) is 4.46. The summed E-state index contributed by atoms with van der Waals surface area (Å²) in [7, 11) is 1.67. The summed E-state index contributed by atoms with van der Waals surface area (Å²) in [4.78, 5) is 0. The van der Waals surface area contributed by atoms with E-state index in [4.69, 9.17) is 16.3 Å². The molecule has 4 rings (SSSR count). The molecule has 5 nitrogen and oxygen atoms in total. The van der Waals surface area contributed by atoms with Gasteiger partial charge in [0.1, 0.15) is 11.1 Å². The van der Waals surface area contributed by atoms with Crippen LogP contribution in [0.15, 0.2) is 35.5 Å². The second kappa shape index (κ2) is 5.62. The zero-order chi connectivity index (χ0) is 16.0. The predicted octanol–water partition coefficient (Wildman–Crippen LogP) is 4.00. The molecule has 3 aromatic rings. The van der Waals surface area contributed by atoms with Crippen LogP contribution >= 0.6 is 23.4 Å². The van der Waals surface area contributed by atoms with Gasteiger partial charge in [-0.2, -0.15) is 0 Å². The van der Waals surface area contributed by atoms with Gasteiger partial charge in [0.15, 0.2) is 5.82 Å². The van der Waals surface area contributed by atoms with Crippen LogP contribution < -0.4 is 10.2 Å². The molecule has 0 amide bonds. The molecule has 1 aliphatic rings. The smallest absolute Gasteiger partial charge is 0.212 e. The van der Waals surface area contributed by atoms with Crippen molar-refractivity contribution in [3.8, 4) is 5.75 Å². The molecule has 1 aromatic heterocycles. The molecular weight excluding hydrogens is 332 g/mol. The number of aromatic nitrogens is 3. The molecule has 2 aromatic carbocycles. The molecule has 0 saturated heterocycles. The molecule has 1 N–H and O–H groups in total. The molecular formula is C16H15ClN4OS. The normalized spacial score (nSPS) is 16.4. The van der Waals surface area contributed by atoms with Crippen molar-refractivity contribution in [3.05, 3.63) is 46.7 Å². The Morgan fingerprint density at radius 1 is 1.26 bits per heavy atom. The summed E-state index contributed by atoms with van der Waals surface area (Å²) in [5, 5.41) is 12.2. The van der Waals surface area contributed by atoms with Crippen molar-refractivity contribution in [1.29, 1.82) is 0 Å². The molecule has 0 spiro atoms. The molecule has 7 heteroatoms. The minimum Gasteiger partial charge on any atom is -0.497 e. The first-order valence-corrected chi connectivity index (χ1v) is 8.60. The molecule has 118 valence electrons. The Morgan fingerprint density at radius 2 is 2.13 bits per heavy atom. The third-order valence-electron chi connectivity index (χ3n) is 3.93. The fourth-order valence-electron chi connectivity index (χ4n) is 2.71. The SMILES string of the molecule is CCc1nnc2n1NC(c1cc3cc(OC)ccc3cc1Cl)S2. The molecule has 1 unspecified atom stereocenters. The topological polar surface area (TPSA) is 52.0 Å². The second-order valence-electron chi connectivity index (χ2n) is 5.30. The highest BCUT2D eigenvalue weighted by atomic mass is 35.5. The van der Waals surface area contributed by atoms with Crippen LogP contribution in [0.3, 0.4) is 0 Å². The maximum absolute atomic E-state index is 6.51. The minimum atomic E-state index is 0.0221. The van der Waals surface area contributed by atoms with Gasteiger partial charge in [-0.15, -0.1) is 10.2 Å². The number of aryl methyl sites for hydroxylation is 1. The van der Waals surface area contributed by atoms with E-state index in [1.165, 1.54) is 0 Å². The van der Waals surface area contributed by atoms with E-state index in [0.29, 0.717) is 0 Å². The van der Waals surface area contributed by atoms with Crippen molar-refractivity contribution in [2.75, 3.05) is 12.5 Å². The highest BCUT2D eigenvalue weighted by molar-refractivity contribution is 7.99. The van der Waals surface area contributed by atoms with E-state index in [0.717, 1.165) is 44.5 Å². The number of methoxy groups -OCH3 is 1. The lowest BCUT2D eigenvalue weighted by molar-refractivity contribution is 0.415. The fraction of sp³-hybridized carbons (Fsp3) is 0.250. The highest BCUT2D eigenvalue weighted by Gasteiger charge is 2.28. The number of hydrogen-bond donors (Lipinski definition) is 1. The van der Waals surface area contributed by atoms with Crippen molar-refractivity contribution in [2.45, 2.75) is 23.9 Å². The Kier molecular flexibility index (Phi) is 3.58. The molecule has 0 bridgehead atoms. The number of nitrogens with zero attached hydrogens (tertiary/aromatic N) is 3. The highest BCUT2D eigenvalue weighted by Crippen LogP contribution is 2.42. The van der Waals surface area contributed by atoms with E-state index in [1.54, 1.807) is 18.9 Å². The first-order valence-electron chi connectivity index (χ1n) is 7.34. The number of thioether (sulfide) groups is 1. The van der Waals surface area contributed by atoms with Gasteiger partial charge in [-0.25, -0.2) is 4.68 Å². The van der Waals surface area contributed by atoms with Crippen molar-refractivity contribution < 1.29 is 4.74 Å². The number of ether oxygens (including phenoxy) is 1. The molecule has 2 heterocycles. The van der Waals surface area contributed by atoms with E-state index >= 15 is 0 Å². The summed E-state index contributed by atoms with van der Waals surface area (Å²) in [6.07, 6.45) is 0.829. The zero-order valence-electron chi connectivity index (χ0n) is 12.7. The van der Waals surface area contributed by atoms with Crippen molar-refractivity contribution in [1.82, 2.24) is 14.9 Å². The average molecular weight is 347 g/mol. The number of halogens is 1. The van der Waals surface area contributed by atoms with Gasteiger partial charge in [-0.3, -0.25) is 0 Å². The quantitative estimate of drug-likeness (QED) is 0.776. The molecule has 0 saturated carbocycles. The molecule has 0 fully saturated rings. The standard InChI is InChI=1S/C16H15ClN4OS/c1-3-14-18-19-16-21(14)20-15(23-16)12-7-10-6-11(22-2)5-4-9(10)8-13(12)17/h4-8,15,20H,3H2,1-2H3. The van der Waals surface area contributed by atoms with Gasteiger partial charge in [-0.05, 0) is 35.0 Å². The van der Waals surface area contributed by atoms with Crippen LogP contribution in [0.25, 0.3) is 10.8 Å². The van der Waals surface area contributed by atoms with Gasteiger partial charge in [0, 0.05) is 17.0 Å². The summed E-state index contributed by atoms with van der Waals surface area (Å²) in [5.74, 6) is 1.76. The minimum absolute atomic E-state index is 0.0221. The Morgan fingerprint density at radius 3 is 2.91 bits per heavy atom. The van der Waals surface area contributed by atoms with Gasteiger partial charge < -0.3 is 10.2 Å². The van der Waals surface area contributed by atoms with E-state index in [2.05, 4.69) is 28.6 Å². The summed E-state index contributed by atoms with van der Waals surface area (Å²) >= 11 is 8.13. The third-order valence-corrected chi connectivity index (χ3v) is 5.33. The Bertz CT molecular complexity index is 895. The first kappa shape index (κ1) is 14.7. The summed E-state index contributed by atoms with van der Waals surface area (Å²) in [6, 6.07) is 10.1. The van der Waals surface area contributed by atoms with E-state index in [1.807, 2.05) is 28.9 Å². The lowest BCUT2D eigenvalue weighted by atomic mass is 10.1. The van der Waals surface area contributed by atoms with Crippen LogP contribution in [-0.4, -0.2) is 22.0 Å². The van der Waals surface area contributed by atoms with E-state index in [9.17, 15) is 0 Å². The maximum Gasteiger partial charge on any atom is 0.212 e. The second-order valence-corrected chi connectivity index (χ2v) is 6.78. The van der Waals surface area contributed by atoms with Crippen LogP contribution in [0.4, 0.5) is 0 Å². The predicted molar refractivity (Wildman–Crippen MR) is 92.9 cm³/mol. The Balaban J connectivity index is 1.74. The summed E-state index contributed by atoms with van der Waals surface area (Å²) in [6.45, 7) is 2.06. The van der Waals surface area contributed by atoms with Crippen molar-refractivity contribution in [3.63, 3.8) is 0 Å². The maximum atomic E-state index is 6.51. The number of fused-ring (bicyclic) bond motifs is 2. The van der Waals surface area contributed by atoms with Crippen LogP contribution in [0.1, 0.15) is 23.7 Å². The third kappa shape index (κ3) is 2.42. The van der Waals surface area contributed by atoms with Gasteiger partial charge in [0.2, 0.25) is 5.16 Å². The molecule has 1 atom stereocenters. The first-order chi connectivity index (χ1) is 11.2. The van der Waals surface area contributed by atoms with E-state index < -0.39 is 0 Å². The van der Waals surface area contributed by atoms with Crippen LogP contribution in [0, 0.1) is 0 Å². The van der Waals surface area contributed by atoms with Gasteiger partial charge in [0.05, 0.1) is 7.11 Å². The lowest BCUT2D eigenvalue weighted by Gasteiger charge is -2.15.